The lowest BCUT2D eigenvalue weighted by Crippen LogP contribution is -2.08. The Hall–Kier alpha value is -2.01. The number of aryl methyl sites for hydroxylation is 2. The fourth-order valence-electron chi connectivity index (χ4n) is 2.34. The fourth-order valence-corrected chi connectivity index (χ4v) is 3.96. The summed E-state index contributed by atoms with van der Waals surface area (Å²) in [6, 6.07) is 10.3. The molecule has 21 heavy (non-hydrogen) atoms. The summed E-state index contributed by atoms with van der Waals surface area (Å²) in [5.41, 5.74) is 8.60. The Bertz CT molecular complexity index is 767. The first-order chi connectivity index (χ1) is 9.83. The second-order valence-electron chi connectivity index (χ2n) is 5.10. The van der Waals surface area contributed by atoms with Crippen molar-refractivity contribution in [3.8, 4) is 5.75 Å². The quantitative estimate of drug-likeness (QED) is 0.882. The van der Waals surface area contributed by atoms with Crippen LogP contribution in [-0.2, 0) is 15.6 Å². The molecular weight excluding hydrogens is 286 g/mol. The first kappa shape index (κ1) is 15.4. The number of sulfone groups is 1. The van der Waals surface area contributed by atoms with E-state index in [4.69, 9.17) is 10.5 Å². The van der Waals surface area contributed by atoms with Crippen LogP contribution < -0.4 is 10.5 Å². The molecule has 0 aromatic heterocycles. The van der Waals surface area contributed by atoms with Gasteiger partial charge in [0.2, 0.25) is 0 Å². The molecule has 4 nitrogen and oxygen atoms in total. The maximum absolute atomic E-state index is 12.6. The maximum Gasteiger partial charge on any atom is 0.182 e. The van der Waals surface area contributed by atoms with Gasteiger partial charge < -0.3 is 10.5 Å². The Kier molecular flexibility index (Phi) is 4.23. The van der Waals surface area contributed by atoms with Crippen LogP contribution in [0.1, 0.15) is 16.7 Å². The van der Waals surface area contributed by atoms with Crippen molar-refractivity contribution in [3.05, 3.63) is 53.1 Å². The Morgan fingerprint density at radius 3 is 2.43 bits per heavy atom. The number of rotatable bonds is 4. The normalized spacial score (nSPS) is 11.4. The molecule has 0 spiro atoms. The average Bonchev–Trinajstić information content (AvgIpc) is 2.37. The van der Waals surface area contributed by atoms with Crippen LogP contribution in [0.5, 0.6) is 5.75 Å². The van der Waals surface area contributed by atoms with Crippen molar-refractivity contribution in [2.75, 3.05) is 12.8 Å². The largest absolute Gasteiger partial charge is 0.496 e. The Morgan fingerprint density at radius 2 is 1.81 bits per heavy atom. The first-order valence-electron chi connectivity index (χ1n) is 6.56. The van der Waals surface area contributed by atoms with Crippen LogP contribution in [-0.4, -0.2) is 15.5 Å². The topological polar surface area (TPSA) is 69.4 Å². The maximum atomic E-state index is 12.6. The molecule has 0 unspecified atom stereocenters. The predicted molar refractivity (Wildman–Crippen MR) is 84.2 cm³/mol. The lowest BCUT2D eigenvalue weighted by atomic mass is 10.2. The smallest absolute Gasteiger partial charge is 0.182 e. The van der Waals surface area contributed by atoms with Crippen LogP contribution >= 0.6 is 0 Å². The molecule has 2 N–H and O–H groups in total. The molecule has 0 saturated heterocycles. The third kappa shape index (κ3) is 3.36. The van der Waals surface area contributed by atoms with Crippen LogP contribution in [0, 0.1) is 13.8 Å². The molecule has 0 amide bonds. The van der Waals surface area contributed by atoms with Gasteiger partial charge in [-0.3, -0.25) is 0 Å². The van der Waals surface area contributed by atoms with E-state index in [-0.39, 0.29) is 5.75 Å². The molecule has 5 heteroatoms. The molecule has 112 valence electrons. The van der Waals surface area contributed by atoms with Gasteiger partial charge in [-0.05, 0) is 43.7 Å². The van der Waals surface area contributed by atoms with E-state index in [1.54, 1.807) is 37.3 Å². The number of methoxy groups -OCH3 is 1. The third-order valence-corrected chi connectivity index (χ3v) is 5.13. The average molecular weight is 305 g/mol. The molecule has 0 heterocycles. The van der Waals surface area contributed by atoms with Gasteiger partial charge >= 0.3 is 0 Å². The number of hydrogen-bond donors (Lipinski definition) is 1. The summed E-state index contributed by atoms with van der Waals surface area (Å²) < 4.78 is 30.4. The number of hydrogen-bond acceptors (Lipinski definition) is 4. The molecule has 2 aromatic rings. The Balaban J connectivity index is 2.44. The van der Waals surface area contributed by atoms with Crippen LogP contribution in [0.4, 0.5) is 5.69 Å². The number of benzene rings is 2. The van der Waals surface area contributed by atoms with Crippen LogP contribution in [0.15, 0.2) is 41.3 Å². The molecule has 0 fully saturated rings. The molecule has 0 aliphatic carbocycles. The molecule has 0 atom stereocenters. The van der Waals surface area contributed by atoms with E-state index in [1.165, 1.54) is 7.11 Å². The summed E-state index contributed by atoms with van der Waals surface area (Å²) in [4.78, 5) is 0.345. The highest BCUT2D eigenvalue weighted by Crippen LogP contribution is 2.27. The monoisotopic (exact) mass is 305 g/mol. The molecule has 2 rings (SSSR count). The molecule has 0 aliphatic heterocycles. The van der Waals surface area contributed by atoms with Crippen molar-refractivity contribution in [2.45, 2.75) is 24.5 Å². The zero-order chi connectivity index (χ0) is 15.6. The lowest BCUT2D eigenvalue weighted by molar-refractivity contribution is 0.411. The van der Waals surface area contributed by atoms with Crippen molar-refractivity contribution in [1.82, 2.24) is 0 Å². The van der Waals surface area contributed by atoms with E-state index in [9.17, 15) is 8.42 Å². The summed E-state index contributed by atoms with van der Waals surface area (Å²) in [7, 11) is -1.93. The van der Waals surface area contributed by atoms with Crippen molar-refractivity contribution in [3.63, 3.8) is 0 Å². The first-order valence-corrected chi connectivity index (χ1v) is 8.21. The molecule has 0 saturated carbocycles. The molecule has 0 aliphatic rings. The fraction of sp³-hybridized carbons (Fsp3) is 0.250. The Morgan fingerprint density at radius 1 is 1.10 bits per heavy atom. The summed E-state index contributed by atoms with van der Waals surface area (Å²) in [6.45, 7) is 3.74. The van der Waals surface area contributed by atoms with Crippen LogP contribution in [0.2, 0.25) is 0 Å². The standard InChI is InChI=1S/C16H19NO3S/c1-11-4-7-16(12(2)8-11)21(18,19)10-13-9-14(17)5-6-15(13)20-3/h4-9H,10,17H2,1-3H3. The van der Waals surface area contributed by atoms with Gasteiger partial charge in [-0.25, -0.2) is 8.42 Å². The van der Waals surface area contributed by atoms with E-state index in [0.29, 0.717) is 21.9 Å². The minimum Gasteiger partial charge on any atom is -0.496 e. The highest BCUT2D eigenvalue weighted by molar-refractivity contribution is 7.90. The zero-order valence-corrected chi connectivity index (χ0v) is 13.2. The zero-order valence-electron chi connectivity index (χ0n) is 12.4. The van der Waals surface area contributed by atoms with Crippen LogP contribution in [0.25, 0.3) is 0 Å². The minimum absolute atomic E-state index is 0.134. The van der Waals surface area contributed by atoms with Crippen molar-refractivity contribution in [1.29, 1.82) is 0 Å². The van der Waals surface area contributed by atoms with Crippen LogP contribution in [0.3, 0.4) is 0 Å². The van der Waals surface area contributed by atoms with E-state index < -0.39 is 9.84 Å². The molecule has 0 bridgehead atoms. The van der Waals surface area contributed by atoms with Crippen molar-refractivity contribution >= 4 is 15.5 Å². The second kappa shape index (κ2) is 5.77. The summed E-state index contributed by atoms with van der Waals surface area (Å²) in [6.07, 6.45) is 0. The summed E-state index contributed by atoms with van der Waals surface area (Å²) in [5.74, 6) is 0.392. The van der Waals surface area contributed by atoms with Gasteiger partial charge in [-0.1, -0.05) is 17.7 Å². The van der Waals surface area contributed by atoms with Gasteiger partial charge in [-0.15, -0.1) is 0 Å². The van der Waals surface area contributed by atoms with Gasteiger partial charge in [0.05, 0.1) is 17.8 Å². The second-order valence-corrected chi connectivity index (χ2v) is 7.06. The molecule has 2 aromatic carbocycles. The van der Waals surface area contributed by atoms with Gasteiger partial charge in [-0.2, -0.15) is 0 Å². The Labute approximate surface area is 125 Å². The van der Waals surface area contributed by atoms with Gasteiger partial charge in [0.15, 0.2) is 9.84 Å². The highest BCUT2D eigenvalue weighted by atomic mass is 32.2. The predicted octanol–water partition coefficient (Wildman–Crippen LogP) is 2.87. The number of nitrogens with two attached hydrogens (primary N) is 1. The minimum atomic E-state index is -3.45. The lowest BCUT2D eigenvalue weighted by Gasteiger charge is -2.12. The van der Waals surface area contributed by atoms with E-state index in [2.05, 4.69) is 0 Å². The van der Waals surface area contributed by atoms with Crippen molar-refractivity contribution < 1.29 is 13.2 Å². The SMILES string of the molecule is COc1ccc(N)cc1CS(=O)(=O)c1ccc(C)cc1C. The van der Waals surface area contributed by atoms with Gasteiger partial charge in [0.25, 0.3) is 0 Å². The van der Waals surface area contributed by atoms with E-state index in [1.807, 2.05) is 13.0 Å². The summed E-state index contributed by atoms with van der Waals surface area (Å²) in [5, 5.41) is 0. The highest BCUT2D eigenvalue weighted by Gasteiger charge is 2.20. The van der Waals surface area contributed by atoms with Gasteiger partial charge in [0.1, 0.15) is 5.75 Å². The number of ether oxygens (including phenoxy) is 1. The van der Waals surface area contributed by atoms with Crippen molar-refractivity contribution in [2.24, 2.45) is 0 Å². The molecule has 0 radical (unpaired) electrons. The van der Waals surface area contributed by atoms with E-state index in [0.717, 1.165) is 11.1 Å². The number of anilines is 1. The molecular formula is C16H19NO3S. The summed E-state index contributed by atoms with van der Waals surface area (Å²) >= 11 is 0. The third-order valence-electron chi connectivity index (χ3n) is 3.32. The van der Waals surface area contributed by atoms with E-state index >= 15 is 0 Å². The van der Waals surface area contributed by atoms with Gasteiger partial charge in [0, 0.05) is 11.3 Å². The number of nitrogen functional groups attached to an aromatic ring is 1.